The molecule has 1 fully saturated rings. The molecule has 2 N–H and O–H groups in total. The van der Waals surface area contributed by atoms with Crippen molar-refractivity contribution in [2.24, 2.45) is 16.6 Å². The van der Waals surface area contributed by atoms with Gasteiger partial charge >= 0.3 is 0 Å². The van der Waals surface area contributed by atoms with Crippen LogP contribution in [0.3, 0.4) is 0 Å². The van der Waals surface area contributed by atoms with Gasteiger partial charge in [-0.1, -0.05) is 17.7 Å². The van der Waals surface area contributed by atoms with Crippen LogP contribution in [0.1, 0.15) is 30.9 Å². The van der Waals surface area contributed by atoms with Crippen LogP contribution in [0.25, 0.3) is 0 Å². The zero-order valence-corrected chi connectivity index (χ0v) is 16.6. The normalized spacial score (nSPS) is 23.3. The Morgan fingerprint density at radius 3 is 2.86 bits per heavy atom. The van der Waals surface area contributed by atoms with Crippen molar-refractivity contribution in [2.75, 3.05) is 26.8 Å². The van der Waals surface area contributed by atoms with Gasteiger partial charge in [-0.25, -0.2) is 13.8 Å². The molecule has 2 aliphatic heterocycles. The molecule has 1 aromatic carbocycles. The molecule has 28 heavy (non-hydrogen) atoms. The molecule has 1 aromatic rings. The quantitative estimate of drug-likeness (QED) is 0.809. The maximum Gasteiger partial charge on any atom is 0.162 e. The number of nitrogens with two attached hydrogens (primary N) is 1. The Morgan fingerprint density at radius 2 is 2.07 bits per heavy atom. The lowest BCUT2D eigenvalue weighted by molar-refractivity contribution is 0.00312. The molecule has 2 unspecified atom stereocenters. The van der Waals surface area contributed by atoms with Gasteiger partial charge in [-0.05, 0) is 62.9 Å². The van der Waals surface area contributed by atoms with Crippen LogP contribution < -0.4 is 5.73 Å². The molecule has 0 saturated carbocycles. The highest BCUT2D eigenvalue weighted by Gasteiger charge is 2.20. The molecule has 0 aliphatic carbocycles. The van der Waals surface area contributed by atoms with Crippen LogP contribution in [0, 0.1) is 17.6 Å². The van der Waals surface area contributed by atoms with E-state index in [2.05, 4.69) is 23.0 Å². The number of morpholine rings is 1. The fraction of sp³-hybridized carbons (Fsp3) is 0.500. The third-order valence-electron chi connectivity index (χ3n) is 5.47. The summed E-state index contributed by atoms with van der Waals surface area (Å²) in [6, 6.07) is 3.45. The van der Waals surface area contributed by atoms with Crippen molar-refractivity contribution in [1.29, 1.82) is 0 Å². The monoisotopic (exact) mass is 389 g/mol. The van der Waals surface area contributed by atoms with Crippen LogP contribution in [0.5, 0.6) is 0 Å². The number of rotatable bonds is 6. The summed E-state index contributed by atoms with van der Waals surface area (Å²) < 4.78 is 34.0. The Morgan fingerprint density at radius 1 is 1.25 bits per heavy atom. The number of aliphatic imine (C=N–C) groups is 1. The SMILES string of the molecule is CC1=CC(CCc2cc(CCC3COCCN3C)cc(F)c2F)C=NC(N)=C1. The maximum atomic E-state index is 14.3. The summed E-state index contributed by atoms with van der Waals surface area (Å²) in [5.74, 6) is -0.998. The highest BCUT2D eigenvalue weighted by molar-refractivity contribution is 5.66. The number of aryl methyl sites for hydroxylation is 2. The number of allylic oxidation sites excluding steroid dienone is 3. The van der Waals surface area contributed by atoms with E-state index < -0.39 is 11.6 Å². The van der Waals surface area contributed by atoms with E-state index in [1.54, 1.807) is 12.3 Å². The van der Waals surface area contributed by atoms with Crippen molar-refractivity contribution in [3.63, 3.8) is 0 Å². The van der Waals surface area contributed by atoms with Crippen LogP contribution in [0.15, 0.2) is 40.7 Å². The van der Waals surface area contributed by atoms with E-state index in [0.29, 0.717) is 43.3 Å². The Bertz CT molecular complexity index is 788. The number of ether oxygens (including phenoxy) is 1. The van der Waals surface area contributed by atoms with Gasteiger partial charge in [0.2, 0.25) is 0 Å². The van der Waals surface area contributed by atoms with Crippen molar-refractivity contribution in [3.8, 4) is 0 Å². The van der Waals surface area contributed by atoms with Gasteiger partial charge in [0.25, 0.3) is 0 Å². The fourth-order valence-electron chi connectivity index (χ4n) is 3.77. The molecule has 3 rings (SSSR count). The number of likely N-dealkylation sites (N-methyl/N-ethyl adjacent to an activating group) is 1. The van der Waals surface area contributed by atoms with Gasteiger partial charge in [-0.2, -0.15) is 0 Å². The number of hydrogen-bond acceptors (Lipinski definition) is 4. The van der Waals surface area contributed by atoms with Gasteiger partial charge in [0.1, 0.15) is 5.82 Å². The summed E-state index contributed by atoms with van der Waals surface area (Å²) in [6.07, 6.45) is 8.31. The molecule has 6 heteroatoms. The van der Waals surface area contributed by atoms with Crippen LogP contribution in [-0.2, 0) is 17.6 Å². The number of nitrogens with zero attached hydrogens (tertiary/aromatic N) is 2. The molecule has 0 radical (unpaired) electrons. The lowest BCUT2D eigenvalue weighted by Crippen LogP contribution is -2.42. The van der Waals surface area contributed by atoms with Crippen molar-refractivity contribution >= 4 is 6.21 Å². The number of hydrogen-bond donors (Lipinski definition) is 1. The largest absolute Gasteiger partial charge is 0.384 e. The van der Waals surface area contributed by atoms with Crippen LogP contribution in [0.2, 0.25) is 0 Å². The molecular weight excluding hydrogens is 360 g/mol. The predicted molar refractivity (Wildman–Crippen MR) is 108 cm³/mol. The third-order valence-corrected chi connectivity index (χ3v) is 5.47. The van der Waals surface area contributed by atoms with E-state index in [1.807, 2.05) is 13.0 Å². The smallest absolute Gasteiger partial charge is 0.162 e. The zero-order valence-electron chi connectivity index (χ0n) is 16.6. The van der Waals surface area contributed by atoms with Gasteiger partial charge in [0.15, 0.2) is 11.6 Å². The second kappa shape index (κ2) is 9.43. The lowest BCUT2D eigenvalue weighted by atomic mass is 9.95. The van der Waals surface area contributed by atoms with E-state index in [1.165, 1.54) is 6.07 Å². The maximum absolute atomic E-state index is 14.3. The molecule has 1 saturated heterocycles. The summed E-state index contributed by atoms with van der Waals surface area (Å²) in [4.78, 5) is 6.46. The first-order valence-electron chi connectivity index (χ1n) is 9.87. The average Bonchev–Trinajstić information content (AvgIpc) is 2.82. The van der Waals surface area contributed by atoms with E-state index in [9.17, 15) is 8.78 Å². The number of benzene rings is 1. The van der Waals surface area contributed by atoms with Crippen LogP contribution >= 0.6 is 0 Å². The summed E-state index contributed by atoms with van der Waals surface area (Å²) in [6.45, 7) is 4.31. The summed E-state index contributed by atoms with van der Waals surface area (Å²) in [5, 5.41) is 0. The molecule has 2 aliphatic rings. The first kappa shape index (κ1) is 20.7. The van der Waals surface area contributed by atoms with Crippen molar-refractivity contribution in [3.05, 3.63) is 58.4 Å². The first-order chi connectivity index (χ1) is 13.4. The highest BCUT2D eigenvalue weighted by Crippen LogP contribution is 2.22. The molecule has 152 valence electrons. The zero-order chi connectivity index (χ0) is 20.1. The van der Waals surface area contributed by atoms with Gasteiger partial charge < -0.3 is 10.5 Å². The van der Waals surface area contributed by atoms with Gasteiger partial charge in [-0.15, -0.1) is 0 Å². The molecule has 0 aromatic heterocycles. The molecule has 0 bridgehead atoms. The van der Waals surface area contributed by atoms with Crippen molar-refractivity contribution in [1.82, 2.24) is 4.90 Å². The molecule has 4 nitrogen and oxygen atoms in total. The van der Waals surface area contributed by atoms with E-state index in [0.717, 1.165) is 30.7 Å². The fourth-order valence-corrected chi connectivity index (χ4v) is 3.77. The van der Waals surface area contributed by atoms with Gasteiger partial charge in [0.05, 0.1) is 13.2 Å². The summed E-state index contributed by atoms with van der Waals surface area (Å²) >= 11 is 0. The topological polar surface area (TPSA) is 50.8 Å². The Kier molecular flexibility index (Phi) is 6.97. The summed E-state index contributed by atoms with van der Waals surface area (Å²) in [7, 11) is 2.08. The van der Waals surface area contributed by atoms with Gasteiger partial charge in [0, 0.05) is 24.7 Å². The first-order valence-corrected chi connectivity index (χ1v) is 9.87. The molecule has 2 heterocycles. The molecule has 0 spiro atoms. The second-order valence-corrected chi connectivity index (χ2v) is 7.76. The second-order valence-electron chi connectivity index (χ2n) is 7.76. The van der Waals surface area contributed by atoms with E-state index in [4.69, 9.17) is 10.5 Å². The molecule has 2 atom stereocenters. The Labute approximate surface area is 165 Å². The predicted octanol–water partition coefficient (Wildman–Crippen LogP) is 3.61. The molecular formula is C22H29F2N3O. The average molecular weight is 389 g/mol. The van der Waals surface area contributed by atoms with E-state index >= 15 is 0 Å². The molecule has 0 amide bonds. The Balaban J connectivity index is 1.64. The highest BCUT2D eigenvalue weighted by atomic mass is 19.2. The minimum absolute atomic E-state index is 0.0523. The lowest BCUT2D eigenvalue weighted by Gasteiger charge is -2.32. The Hall–Kier alpha value is -2.05. The third kappa shape index (κ3) is 5.49. The minimum atomic E-state index is -0.770. The minimum Gasteiger partial charge on any atom is -0.384 e. The number of halogens is 2. The van der Waals surface area contributed by atoms with E-state index in [-0.39, 0.29) is 5.92 Å². The van der Waals surface area contributed by atoms with Crippen molar-refractivity contribution < 1.29 is 13.5 Å². The van der Waals surface area contributed by atoms with Crippen LogP contribution in [-0.4, -0.2) is 44.0 Å². The van der Waals surface area contributed by atoms with Gasteiger partial charge in [-0.3, -0.25) is 4.90 Å². The van der Waals surface area contributed by atoms with Crippen molar-refractivity contribution in [2.45, 2.75) is 38.6 Å². The van der Waals surface area contributed by atoms with Crippen LogP contribution in [0.4, 0.5) is 8.78 Å². The standard InChI is InChI=1S/C22H29F2N3O/c1-15-9-17(13-26-21(25)10-15)3-5-18-11-16(12-20(23)22(18)24)4-6-19-14-28-8-7-27(19)2/h9-13,17,19H,3-8,14,25H2,1-2H3. The summed E-state index contributed by atoms with van der Waals surface area (Å²) in [5.41, 5.74) is 8.05.